The van der Waals surface area contributed by atoms with Crippen LogP contribution in [0.15, 0.2) is 67.1 Å². The highest BCUT2D eigenvalue weighted by Crippen LogP contribution is 2.34. The van der Waals surface area contributed by atoms with Crippen molar-refractivity contribution in [3.05, 3.63) is 67.1 Å². The van der Waals surface area contributed by atoms with E-state index in [4.69, 9.17) is 15.6 Å². The number of aromatic nitrogens is 3. The minimum absolute atomic E-state index is 0.122. The summed E-state index contributed by atoms with van der Waals surface area (Å²) in [6, 6.07) is 17.8. The molecule has 0 bridgehead atoms. The number of hydrogen-bond acceptors (Lipinski definition) is 5. The van der Waals surface area contributed by atoms with Crippen molar-refractivity contribution in [1.82, 2.24) is 14.5 Å². The predicted molar refractivity (Wildman–Crippen MR) is 106 cm³/mol. The molecule has 2 aromatic carbocycles. The van der Waals surface area contributed by atoms with E-state index < -0.39 is 0 Å². The van der Waals surface area contributed by atoms with E-state index in [0.717, 1.165) is 33.6 Å². The molecule has 2 aromatic heterocycles. The first-order chi connectivity index (χ1) is 13.3. The van der Waals surface area contributed by atoms with Crippen LogP contribution in [-0.2, 0) is 0 Å². The molecule has 27 heavy (non-hydrogen) atoms. The van der Waals surface area contributed by atoms with Gasteiger partial charge in [0.2, 0.25) is 0 Å². The lowest BCUT2D eigenvalue weighted by atomic mass is 10.1. The molecule has 6 heteroatoms. The molecule has 0 fully saturated rings. The number of benzene rings is 2. The van der Waals surface area contributed by atoms with E-state index in [2.05, 4.69) is 9.97 Å². The Morgan fingerprint density at radius 1 is 1.00 bits per heavy atom. The Bertz CT molecular complexity index is 1040. The first-order valence-corrected chi connectivity index (χ1v) is 8.79. The Morgan fingerprint density at radius 3 is 2.52 bits per heavy atom. The van der Waals surface area contributed by atoms with Crippen LogP contribution in [-0.4, -0.2) is 32.9 Å². The average Bonchev–Trinajstić information content (AvgIpc) is 3.10. The Morgan fingerprint density at radius 2 is 1.78 bits per heavy atom. The van der Waals surface area contributed by atoms with Gasteiger partial charge >= 0.3 is 0 Å². The standard InChI is InChI=1S/C21H20N4O2/c22-20-19-18(15-5-2-1-3-6-15)13-25(21(19)24-14-23-20)16-7-9-17(10-8-16)27-12-4-11-26/h1-3,5-10,13-14,26H,4,11-12H2,(H2,22,23,24). The molecule has 136 valence electrons. The molecule has 0 aliphatic carbocycles. The van der Waals surface area contributed by atoms with Crippen LogP contribution in [0.5, 0.6) is 5.75 Å². The van der Waals surface area contributed by atoms with Gasteiger partial charge in [-0.1, -0.05) is 30.3 Å². The van der Waals surface area contributed by atoms with Crippen LogP contribution in [0, 0.1) is 0 Å². The highest BCUT2D eigenvalue weighted by Gasteiger charge is 2.15. The number of aliphatic hydroxyl groups excluding tert-OH is 1. The molecule has 6 nitrogen and oxygen atoms in total. The van der Waals surface area contributed by atoms with Crippen molar-refractivity contribution in [2.45, 2.75) is 6.42 Å². The van der Waals surface area contributed by atoms with Crippen molar-refractivity contribution in [3.63, 3.8) is 0 Å². The minimum Gasteiger partial charge on any atom is -0.494 e. The van der Waals surface area contributed by atoms with E-state index in [0.29, 0.717) is 18.8 Å². The fourth-order valence-corrected chi connectivity index (χ4v) is 3.08. The average molecular weight is 360 g/mol. The maximum atomic E-state index is 8.85. The molecule has 0 unspecified atom stereocenters. The third-order valence-corrected chi connectivity index (χ3v) is 4.38. The second-order valence-corrected chi connectivity index (χ2v) is 6.16. The second-order valence-electron chi connectivity index (χ2n) is 6.16. The third-order valence-electron chi connectivity index (χ3n) is 4.38. The van der Waals surface area contributed by atoms with Crippen LogP contribution in [0.25, 0.3) is 27.8 Å². The van der Waals surface area contributed by atoms with Gasteiger partial charge in [0.25, 0.3) is 0 Å². The minimum atomic E-state index is 0.122. The third kappa shape index (κ3) is 3.35. The topological polar surface area (TPSA) is 86.2 Å². The van der Waals surface area contributed by atoms with Crippen LogP contribution in [0.2, 0.25) is 0 Å². The van der Waals surface area contributed by atoms with Gasteiger partial charge in [0, 0.05) is 30.5 Å². The number of ether oxygens (including phenoxy) is 1. The molecule has 0 aliphatic heterocycles. The van der Waals surface area contributed by atoms with Crippen molar-refractivity contribution < 1.29 is 9.84 Å². The molecular weight excluding hydrogens is 340 g/mol. The Hall–Kier alpha value is -3.38. The summed E-state index contributed by atoms with van der Waals surface area (Å²) in [7, 11) is 0. The highest BCUT2D eigenvalue weighted by molar-refractivity contribution is 6.01. The summed E-state index contributed by atoms with van der Waals surface area (Å²) in [5.41, 5.74) is 9.94. The van der Waals surface area contributed by atoms with Gasteiger partial charge in [0.05, 0.1) is 12.0 Å². The molecule has 0 saturated carbocycles. The SMILES string of the molecule is Nc1ncnc2c1c(-c1ccccc1)cn2-c1ccc(OCCCO)cc1. The van der Waals surface area contributed by atoms with Crippen molar-refractivity contribution >= 4 is 16.9 Å². The quantitative estimate of drug-likeness (QED) is 0.515. The van der Waals surface area contributed by atoms with Crippen molar-refractivity contribution in [2.24, 2.45) is 0 Å². The smallest absolute Gasteiger partial charge is 0.150 e. The lowest BCUT2D eigenvalue weighted by Gasteiger charge is -2.08. The zero-order chi connectivity index (χ0) is 18.6. The Balaban J connectivity index is 1.77. The normalized spacial score (nSPS) is 11.0. The summed E-state index contributed by atoms with van der Waals surface area (Å²) >= 11 is 0. The van der Waals surface area contributed by atoms with Gasteiger partial charge in [-0.2, -0.15) is 0 Å². The summed E-state index contributed by atoms with van der Waals surface area (Å²) in [6.45, 7) is 0.612. The van der Waals surface area contributed by atoms with E-state index in [1.54, 1.807) is 0 Å². The Kier molecular flexibility index (Phi) is 4.72. The van der Waals surface area contributed by atoms with Crippen LogP contribution < -0.4 is 10.5 Å². The number of fused-ring (bicyclic) bond motifs is 1. The van der Waals surface area contributed by atoms with Gasteiger partial charge in [0.1, 0.15) is 17.9 Å². The first kappa shape index (κ1) is 17.1. The van der Waals surface area contributed by atoms with Gasteiger partial charge in [-0.3, -0.25) is 0 Å². The number of nitrogen functional groups attached to an aromatic ring is 1. The van der Waals surface area contributed by atoms with Crippen molar-refractivity contribution in [3.8, 4) is 22.6 Å². The monoisotopic (exact) mass is 360 g/mol. The fourth-order valence-electron chi connectivity index (χ4n) is 3.08. The number of anilines is 1. The molecule has 4 aromatic rings. The van der Waals surface area contributed by atoms with Gasteiger partial charge in [0.15, 0.2) is 5.65 Å². The maximum Gasteiger partial charge on any atom is 0.150 e. The molecule has 0 atom stereocenters. The predicted octanol–water partition coefficient (Wildman–Crippen LogP) is 3.43. The van der Waals surface area contributed by atoms with Crippen molar-refractivity contribution in [1.29, 1.82) is 0 Å². The summed E-state index contributed by atoms with van der Waals surface area (Å²) in [5, 5.41) is 9.69. The van der Waals surface area contributed by atoms with Crippen LogP contribution in [0.1, 0.15) is 6.42 Å². The van der Waals surface area contributed by atoms with Crippen LogP contribution in [0.3, 0.4) is 0 Å². The summed E-state index contributed by atoms with van der Waals surface area (Å²) in [5.74, 6) is 1.22. The summed E-state index contributed by atoms with van der Waals surface area (Å²) < 4.78 is 7.61. The number of aliphatic hydroxyl groups is 1. The van der Waals surface area contributed by atoms with Crippen LogP contribution in [0.4, 0.5) is 5.82 Å². The molecule has 0 amide bonds. The summed E-state index contributed by atoms with van der Waals surface area (Å²) in [6.07, 6.45) is 4.13. The van der Waals surface area contributed by atoms with E-state index >= 15 is 0 Å². The number of nitrogens with two attached hydrogens (primary N) is 1. The van der Waals surface area contributed by atoms with Gasteiger partial charge in [-0.05, 0) is 29.8 Å². The molecule has 4 rings (SSSR count). The zero-order valence-corrected chi connectivity index (χ0v) is 14.7. The molecular formula is C21H20N4O2. The molecule has 0 radical (unpaired) electrons. The van der Waals surface area contributed by atoms with E-state index in [1.165, 1.54) is 6.33 Å². The number of rotatable bonds is 6. The van der Waals surface area contributed by atoms with Gasteiger partial charge in [-0.15, -0.1) is 0 Å². The number of nitrogens with zero attached hydrogens (tertiary/aromatic N) is 3. The molecule has 0 saturated heterocycles. The van der Waals surface area contributed by atoms with E-state index in [9.17, 15) is 0 Å². The number of hydrogen-bond donors (Lipinski definition) is 2. The molecule has 0 aliphatic rings. The van der Waals surface area contributed by atoms with Crippen molar-refractivity contribution in [2.75, 3.05) is 18.9 Å². The second kappa shape index (κ2) is 7.47. The molecule has 0 spiro atoms. The maximum absolute atomic E-state index is 8.85. The molecule has 2 heterocycles. The lowest BCUT2D eigenvalue weighted by molar-refractivity contribution is 0.233. The highest BCUT2D eigenvalue weighted by atomic mass is 16.5. The van der Waals surface area contributed by atoms with E-state index in [1.807, 2.05) is 65.4 Å². The fraction of sp³-hybridized carbons (Fsp3) is 0.143. The summed E-state index contributed by atoms with van der Waals surface area (Å²) in [4.78, 5) is 8.63. The van der Waals surface area contributed by atoms with Gasteiger partial charge < -0.3 is 20.1 Å². The first-order valence-electron chi connectivity index (χ1n) is 8.79. The van der Waals surface area contributed by atoms with E-state index in [-0.39, 0.29) is 6.61 Å². The lowest BCUT2D eigenvalue weighted by Crippen LogP contribution is -2.00. The van der Waals surface area contributed by atoms with Gasteiger partial charge in [-0.25, -0.2) is 9.97 Å². The van der Waals surface area contributed by atoms with Crippen LogP contribution >= 0.6 is 0 Å². The largest absolute Gasteiger partial charge is 0.494 e. The zero-order valence-electron chi connectivity index (χ0n) is 14.7. The molecule has 3 N–H and O–H groups in total. The Labute approximate surface area is 156 Å².